The molecule has 0 aromatic carbocycles. The minimum absolute atomic E-state index is 0.0949. The number of nitrogens with one attached hydrogen (secondary N) is 4. The van der Waals surface area contributed by atoms with Gasteiger partial charge in [-0.25, -0.2) is 4.79 Å². The number of aryl methyl sites for hydroxylation is 1. The predicted octanol–water partition coefficient (Wildman–Crippen LogP) is 4.66. The monoisotopic (exact) mass is 667 g/mol. The standard InChI is InChI=1S/C37H57N5O6/c1-8-15-26(29(43)32(45)38-21-9-2)39-31(44)28-27-25(36(27,6)7)23-42(28)33(46)30(35(3,4)5)40-34(47)41-37(18-11-10-12-19-37)20-13-16-24-17-14-22-48-24/h9,14,17,22,25-28,30H,2,8,10-13,15-16,18-21,23H2,1,3-7H3,(H,38,45)(H,39,44)(H2,40,41,47)/t25?,26?,27-,28-,30+/m0/s1. The number of amides is 5. The van der Waals surface area contributed by atoms with Crippen molar-refractivity contribution in [2.45, 2.75) is 129 Å². The molecule has 1 aromatic rings. The summed E-state index contributed by atoms with van der Waals surface area (Å²) in [6.07, 6.45) is 11.4. The van der Waals surface area contributed by atoms with Crippen molar-refractivity contribution in [3.05, 3.63) is 36.8 Å². The molecule has 0 bridgehead atoms. The van der Waals surface area contributed by atoms with Crippen molar-refractivity contribution in [3.63, 3.8) is 0 Å². The van der Waals surface area contributed by atoms with E-state index in [0.29, 0.717) is 19.4 Å². The van der Waals surface area contributed by atoms with E-state index in [1.165, 1.54) is 6.08 Å². The number of rotatable bonds is 15. The smallest absolute Gasteiger partial charge is 0.315 e. The largest absolute Gasteiger partial charge is 0.469 e. The lowest BCUT2D eigenvalue weighted by molar-refractivity contribution is -0.145. The Hall–Kier alpha value is -3.63. The molecule has 11 heteroatoms. The molecule has 0 spiro atoms. The lowest BCUT2D eigenvalue weighted by Crippen LogP contribution is -2.63. The number of urea groups is 1. The Kier molecular flexibility index (Phi) is 11.8. The van der Waals surface area contributed by atoms with E-state index in [0.717, 1.165) is 57.1 Å². The third kappa shape index (κ3) is 8.50. The molecule has 2 unspecified atom stereocenters. The van der Waals surface area contributed by atoms with Crippen LogP contribution in [0.3, 0.4) is 0 Å². The van der Waals surface area contributed by atoms with Crippen molar-refractivity contribution in [1.29, 1.82) is 0 Å². The summed E-state index contributed by atoms with van der Waals surface area (Å²) >= 11 is 0. The first kappa shape index (κ1) is 37.2. The van der Waals surface area contributed by atoms with Crippen LogP contribution in [-0.2, 0) is 25.6 Å². The predicted molar refractivity (Wildman–Crippen MR) is 184 cm³/mol. The number of piperidine rings is 1. The first-order chi connectivity index (χ1) is 22.6. The summed E-state index contributed by atoms with van der Waals surface area (Å²) in [5.74, 6) is -1.32. The zero-order valence-electron chi connectivity index (χ0n) is 29.8. The van der Waals surface area contributed by atoms with Crippen LogP contribution < -0.4 is 21.3 Å². The number of hydrogen-bond acceptors (Lipinski definition) is 6. The Morgan fingerprint density at radius 1 is 1.10 bits per heavy atom. The van der Waals surface area contributed by atoms with E-state index in [9.17, 15) is 24.0 Å². The first-order valence-corrected chi connectivity index (χ1v) is 17.8. The van der Waals surface area contributed by atoms with E-state index in [-0.39, 0.29) is 41.3 Å². The van der Waals surface area contributed by atoms with Gasteiger partial charge in [-0.05, 0) is 66.9 Å². The second-order valence-corrected chi connectivity index (χ2v) is 15.8. The van der Waals surface area contributed by atoms with Gasteiger partial charge in [0.15, 0.2) is 0 Å². The topological polar surface area (TPSA) is 150 Å². The molecule has 2 saturated carbocycles. The molecular weight excluding hydrogens is 610 g/mol. The first-order valence-electron chi connectivity index (χ1n) is 17.8. The number of Topliss-reactive ketones (excluding diaryl/α,β-unsaturated/α-hetero) is 1. The van der Waals surface area contributed by atoms with Gasteiger partial charge in [-0.1, -0.05) is 73.3 Å². The summed E-state index contributed by atoms with van der Waals surface area (Å²) in [6.45, 7) is 15.9. The lowest BCUT2D eigenvalue weighted by atomic mass is 9.78. The Bertz CT molecular complexity index is 1330. The number of carbonyl (C=O) groups excluding carboxylic acids is 5. The van der Waals surface area contributed by atoms with Crippen molar-refractivity contribution >= 4 is 29.5 Å². The maximum Gasteiger partial charge on any atom is 0.315 e. The third-order valence-corrected chi connectivity index (χ3v) is 10.8. The molecule has 4 rings (SSSR count). The molecule has 4 N–H and O–H groups in total. The van der Waals surface area contributed by atoms with Crippen LogP contribution in [0.25, 0.3) is 0 Å². The van der Waals surface area contributed by atoms with E-state index in [1.807, 2.05) is 39.8 Å². The fourth-order valence-electron chi connectivity index (χ4n) is 7.98. The highest BCUT2D eigenvalue weighted by Gasteiger charge is 2.70. The van der Waals surface area contributed by atoms with Gasteiger partial charge in [-0.3, -0.25) is 19.2 Å². The van der Waals surface area contributed by atoms with E-state index < -0.39 is 41.1 Å². The van der Waals surface area contributed by atoms with Crippen LogP contribution in [0.15, 0.2) is 35.5 Å². The minimum atomic E-state index is -1.01. The summed E-state index contributed by atoms with van der Waals surface area (Å²) in [4.78, 5) is 69.2. The van der Waals surface area contributed by atoms with Crippen LogP contribution in [0.1, 0.15) is 105 Å². The highest BCUT2D eigenvalue weighted by atomic mass is 16.3. The maximum atomic E-state index is 14.4. The SMILES string of the molecule is C=CCNC(=O)C(=O)C(CCC)NC(=O)[C@@H]1[C@@H]2C(CN1C(=O)[C@@H](NC(=O)NC1(CCCc3ccco3)CCCCC1)C(C)(C)C)C2(C)C. The highest BCUT2D eigenvalue weighted by molar-refractivity contribution is 6.38. The second-order valence-electron chi connectivity index (χ2n) is 15.8. The number of carbonyl (C=O) groups is 5. The van der Waals surface area contributed by atoms with E-state index in [1.54, 1.807) is 11.2 Å². The number of hydrogen-bond donors (Lipinski definition) is 4. The summed E-state index contributed by atoms with van der Waals surface area (Å²) in [5, 5.41) is 11.6. The number of ketones is 1. The van der Waals surface area contributed by atoms with Crippen molar-refractivity contribution in [3.8, 4) is 0 Å². The van der Waals surface area contributed by atoms with E-state index >= 15 is 0 Å². The number of furan rings is 1. The number of fused-ring (bicyclic) bond motifs is 1. The van der Waals surface area contributed by atoms with E-state index in [2.05, 4.69) is 41.7 Å². The Morgan fingerprint density at radius 2 is 1.81 bits per heavy atom. The summed E-state index contributed by atoms with van der Waals surface area (Å²) in [7, 11) is 0. The number of likely N-dealkylation sites (tertiary alicyclic amines) is 1. The van der Waals surface area contributed by atoms with Gasteiger partial charge in [-0.15, -0.1) is 6.58 Å². The van der Waals surface area contributed by atoms with Crippen LogP contribution in [0.2, 0.25) is 0 Å². The van der Waals surface area contributed by atoms with Crippen molar-refractivity contribution in [2.24, 2.45) is 22.7 Å². The minimum Gasteiger partial charge on any atom is -0.469 e. The summed E-state index contributed by atoms with van der Waals surface area (Å²) < 4.78 is 5.51. The quantitative estimate of drug-likeness (QED) is 0.158. The van der Waals surface area contributed by atoms with Gasteiger partial charge in [0.1, 0.15) is 17.8 Å². The molecule has 1 aromatic heterocycles. The van der Waals surface area contributed by atoms with Gasteiger partial charge in [-0.2, -0.15) is 0 Å². The van der Waals surface area contributed by atoms with E-state index in [4.69, 9.17) is 4.42 Å². The molecule has 11 nitrogen and oxygen atoms in total. The maximum absolute atomic E-state index is 14.4. The second kappa shape index (κ2) is 15.3. The zero-order chi connectivity index (χ0) is 35.3. The molecule has 1 aliphatic heterocycles. The normalized spacial score (nSPS) is 23.6. The zero-order valence-corrected chi connectivity index (χ0v) is 29.8. The van der Waals surface area contributed by atoms with Crippen LogP contribution in [-0.4, -0.2) is 71.2 Å². The summed E-state index contributed by atoms with van der Waals surface area (Å²) in [5.41, 5.74) is -1.17. The van der Waals surface area contributed by atoms with Crippen molar-refractivity contribution in [2.75, 3.05) is 13.1 Å². The molecule has 5 amide bonds. The summed E-state index contributed by atoms with van der Waals surface area (Å²) in [6, 6.07) is 0.747. The number of nitrogens with zero attached hydrogens (tertiary/aromatic N) is 1. The van der Waals surface area contributed by atoms with Gasteiger partial charge < -0.3 is 30.6 Å². The van der Waals surface area contributed by atoms with Crippen LogP contribution in [0.5, 0.6) is 0 Å². The van der Waals surface area contributed by atoms with Gasteiger partial charge >= 0.3 is 6.03 Å². The van der Waals surface area contributed by atoms with Crippen LogP contribution in [0, 0.1) is 22.7 Å². The average Bonchev–Trinajstić information content (AvgIpc) is 3.46. The molecule has 2 aliphatic carbocycles. The Balaban J connectivity index is 1.49. The lowest BCUT2D eigenvalue weighted by Gasteiger charge is -2.41. The van der Waals surface area contributed by atoms with Gasteiger partial charge in [0, 0.05) is 25.0 Å². The van der Waals surface area contributed by atoms with Crippen molar-refractivity contribution in [1.82, 2.24) is 26.2 Å². The third-order valence-electron chi connectivity index (χ3n) is 10.8. The van der Waals surface area contributed by atoms with Crippen LogP contribution in [0.4, 0.5) is 4.79 Å². The van der Waals surface area contributed by atoms with Crippen molar-refractivity contribution < 1.29 is 28.4 Å². The molecule has 3 aliphatic rings. The molecule has 3 fully saturated rings. The molecule has 266 valence electrons. The molecule has 5 atom stereocenters. The molecule has 1 saturated heterocycles. The van der Waals surface area contributed by atoms with Gasteiger partial charge in [0.05, 0.1) is 12.3 Å². The average molecular weight is 668 g/mol. The highest BCUT2D eigenvalue weighted by Crippen LogP contribution is 2.65. The Labute approximate surface area is 285 Å². The van der Waals surface area contributed by atoms with Gasteiger partial charge in [0.2, 0.25) is 17.6 Å². The van der Waals surface area contributed by atoms with Crippen LogP contribution >= 0.6 is 0 Å². The Morgan fingerprint density at radius 3 is 2.42 bits per heavy atom. The fraction of sp³-hybridized carbons (Fsp3) is 0.703. The molecular formula is C37H57N5O6. The molecule has 0 radical (unpaired) electrons. The molecule has 2 heterocycles. The fourth-order valence-corrected chi connectivity index (χ4v) is 7.98. The molecule has 48 heavy (non-hydrogen) atoms. The van der Waals surface area contributed by atoms with Gasteiger partial charge in [0.25, 0.3) is 5.91 Å².